The maximum absolute atomic E-state index is 11.3. The zero-order chi connectivity index (χ0) is 24.7. The van der Waals surface area contributed by atoms with E-state index in [0.29, 0.717) is 21.5 Å². The number of hydrogen-bond donors (Lipinski definition) is 1. The number of halogens is 2. The van der Waals surface area contributed by atoms with Crippen molar-refractivity contribution in [1.82, 2.24) is 14.7 Å². The van der Waals surface area contributed by atoms with Gasteiger partial charge in [0.15, 0.2) is 0 Å². The Morgan fingerprint density at radius 2 is 1.70 bits per heavy atom. The molecule has 186 valence electrons. The Bertz CT molecular complexity index is 874. The number of anilines is 1. The molecular weight excluding hydrogens is 475 g/mol. The van der Waals surface area contributed by atoms with E-state index in [1.165, 1.54) is 32.4 Å². The first-order valence-corrected chi connectivity index (χ1v) is 14.0. The third kappa shape index (κ3) is 7.04. The van der Waals surface area contributed by atoms with Crippen LogP contribution in [0.1, 0.15) is 63.4 Å². The first-order valence-electron chi connectivity index (χ1n) is 12.1. The number of aromatic nitrogens is 2. The zero-order valence-corrected chi connectivity index (χ0v) is 23.6. The highest BCUT2D eigenvalue weighted by Crippen LogP contribution is 2.37. The predicted octanol–water partition coefficient (Wildman–Crippen LogP) is 6.93. The number of likely N-dealkylation sites (tertiary alicyclic amines) is 1. The van der Waals surface area contributed by atoms with Crippen molar-refractivity contribution in [3.05, 3.63) is 39.1 Å². The van der Waals surface area contributed by atoms with E-state index in [1.54, 1.807) is 0 Å². The Kier molecular flexibility index (Phi) is 11.4. The van der Waals surface area contributed by atoms with E-state index >= 15 is 0 Å². The summed E-state index contributed by atoms with van der Waals surface area (Å²) in [6.07, 6.45) is 5.94. The van der Waals surface area contributed by atoms with E-state index in [0.717, 1.165) is 41.4 Å². The van der Waals surface area contributed by atoms with E-state index in [4.69, 9.17) is 23.2 Å². The van der Waals surface area contributed by atoms with E-state index in [2.05, 4.69) is 17.0 Å². The summed E-state index contributed by atoms with van der Waals surface area (Å²) in [4.78, 5) is 3.00. The fourth-order valence-corrected chi connectivity index (χ4v) is 6.79. The van der Waals surface area contributed by atoms with Crippen molar-refractivity contribution in [2.45, 2.75) is 71.6 Å². The number of hydrogen-bond acceptors (Lipinski definition) is 4. The largest absolute Gasteiger partial charge is 0.309 e. The second-order valence-electron chi connectivity index (χ2n) is 8.63. The van der Waals surface area contributed by atoms with Crippen LogP contribution in [-0.4, -0.2) is 45.9 Å². The second kappa shape index (κ2) is 13.2. The van der Waals surface area contributed by atoms with Crippen LogP contribution in [-0.2, 0) is 24.8 Å². The van der Waals surface area contributed by atoms with Crippen LogP contribution in [0.15, 0.2) is 17.0 Å². The van der Waals surface area contributed by atoms with Crippen molar-refractivity contribution in [1.29, 1.82) is 0 Å². The highest BCUT2D eigenvalue weighted by Gasteiger charge is 2.38. The molecule has 0 aliphatic carbocycles. The molecule has 8 heteroatoms. The van der Waals surface area contributed by atoms with Crippen molar-refractivity contribution < 1.29 is 4.55 Å². The topological polar surface area (TPSA) is 44.5 Å². The average molecular weight is 517 g/mol. The third-order valence-electron chi connectivity index (χ3n) is 6.37. The first-order chi connectivity index (χ1) is 15.7. The number of rotatable bonds is 8. The van der Waals surface area contributed by atoms with Crippen LogP contribution in [0.4, 0.5) is 5.69 Å². The molecule has 1 aliphatic heterocycles. The molecule has 0 saturated carbocycles. The maximum Gasteiger partial charge on any atom is 0.309 e. The summed E-state index contributed by atoms with van der Waals surface area (Å²) in [5, 5.41) is 5.56. The summed E-state index contributed by atoms with van der Waals surface area (Å²) in [7, 11) is 4.11. The smallest absolute Gasteiger partial charge is 0.306 e. The van der Waals surface area contributed by atoms with Crippen LogP contribution in [0.5, 0.6) is 0 Å². The van der Waals surface area contributed by atoms with Gasteiger partial charge >= 0.3 is 11.4 Å². The summed E-state index contributed by atoms with van der Waals surface area (Å²) in [6.45, 7) is 13.0. The molecule has 2 heterocycles. The van der Waals surface area contributed by atoms with Gasteiger partial charge in [0.05, 0.1) is 17.9 Å². The molecule has 1 N–H and O–H groups in total. The quantitative estimate of drug-likeness (QED) is 0.387. The van der Waals surface area contributed by atoms with Gasteiger partial charge in [-0.3, -0.25) is 4.68 Å². The van der Waals surface area contributed by atoms with Crippen molar-refractivity contribution in [2.75, 3.05) is 31.0 Å². The summed E-state index contributed by atoms with van der Waals surface area (Å²) < 4.78 is 15.0. The van der Waals surface area contributed by atoms with E-state index in [9.17, 15) is 4.55 Å². The average Bonchev–Trinajstić information content (AvgIpc) is 3.03. The Morgan fingerprint density at radius 3 is 2.18 bits per heavy atom. The Balaban J connectivity index is 0.00000187. The van der Waals surface area contributed by atoms with Crippen molar-refractivity contribution in [3.8, 4) is 0 Å². The van der Waals surface area contributed by atoms with Gasteiger partial charge in [0.25, 0.3) is 4.90 Å². The molecule has 1 saturated heterocycles. The molecule has 1 atom stereocenters. The van der Waals surface area contributed by atoms with Gasteiger partial charge in [0.1, 0.15) is 15.7 Å². The maximum atomic E-state index is 11.3. The lowest BCUT2D eigenvalue weighted by molar-refractivity contribution is 0.210. The molecule has 1 aliphatic rings. The van der Waals surface area contributed by atoms with Crippen molar-refractivity contribution in [3.63, 3.8) is 0 Å². The van der Waals surface area contributed by atoms with Gasteiger partial charge in [-0.05, 0) is 90.2 Å². The standard InChI is InChI=1S/C23H35Cl2N4OS.C2H6/c1-6-29(22-16(2)26-28(5)17(22)3)31(30)23-20(24)14-19(15-21(23)25)9-7-8-18-10-12-27(4)13-11-18;1-2/h14-15,18,30H,6-13H2,1-5H3;1-2H3/q+1;. The Hall–Kier alpha value is -0.920. The minimum atomic E-state index is -1.26. The van der Waals surface area contributed by atoms with Crippen LogP contribution in [0, 0.1) is 19.8 Å². The molecule has 33 heavy (non-hydrogen) atoms. The van der Waals surface area contributed by atoms with Crippen LogP contribution in [0.2, 0.25) is 10.0 Å². The molecule has 0 spiro atoms. The molecule has 0 radical (unpaired) electrons. The summed E-state index contributed by atoms with van der Waals surface area (Å²) in [6, 6.07) is 3.95. The van der Waals surface area contributed by atoms with Gasteiger partial charge in [-0.1, -0.05) is 43.5 Å². The van der Waals surface area contributed by atoms with E-state index in [-0.39, 0.29) is 0 Å². The lowest BCUT2D eigenvalue weighted by atomic mass is 9.91. The van der Waals surface area contributed by atoms with E-state index < -0.39 is 11.4 Å². The summed E-state index contributed by atoms with van der Waals surface area (Å²) >= 11 is 12.0. The predicted molar refractivity (Wildman–Crippen MR) is 145 cm³/mol. The molecule has 1 aromatic heterocycles. The van der Waals surface area contributed by atoms with Crippen LogP contribution >= 0.6 is 23.2 Å². The van der Waals surface area contributed by atoms with Crippen LogP contribution < -0.4 is 4.31 Å². The highest BCUT2D eigenvalue weighted by atomic mass is 35.5. The van der Waals surface area contributed by atoms with Gasteiger partial charge in [-0.2, -0.15) is 14.0 Å². The minimum Gasteiger partial charge on any atom is -0.306 e. The minimum absolute atomic E-state index is 0.533. The lowest BCUT2D eigenvalue weighted by Crippen LogP contribution is -2.32. The molecule has 1 aromatic carbocycles. The Morgan fingerprint density at radius 1 is 1.12 bits per heavy atom. The monoisotopic (exact) mass is 515 g/mol. The molecule has 1 unspecified atom stereocenters. The van der Waals surface area contributed by atoms with Crippen molar-refractivity contribution in [2.24, 2.45) is 13.0 Å². The van der Waals surface area contributed by atoms with Gasteiger partial charge in [0.2, 0.25) is 0 Å². The first kappa shape index (κ1) is 28.3. The molecule has 1 fully saturated rings. The fourth-order valence-electron chi connectivity index (χ4n) is 4.48. The highest BCUT2D eigenvalue weighted by molar-refractivity contribution is 7.93. The fraction of sp³-hybridized carbons (Fsp3) is 0.640. The van der Waals surface area contributed by atoms with Gasteiger partial charge in [0, 0.05) is 7.05 Å². The number of nitrogens with zero attached hydrogens (tertiary/aromatic N) is 4. The molecule has 5 nitrogen and oxygen atoms in total. The molecule has 2 aromatic rings. The Labute approximate surface area is 213 Å². The number of piperidine rings is 1. The molecule has 3 rings (SSSR count). The van der Waals surface area contributed by atoms with Gasteiger partial charge in [-0.15, -0.1) is 0 Å². The summed E-state index contributed by atoms with van der Waals surface area (Å²) in [5.41, 5.74) is 3.96. The zero-order valence-electron chi connectivity index (χ0n) is 21.3. The van der Waals surface area contributed by atoms with Crippen LogP contribution in [0.3, 0.4) is 0 Å². The van der Waals surface area contributed by atoms with Crippen LogP contribution in [0.25, 0.3) is 0 Å². The number of benzene rings is 1. The summed E-state index contributed by atoms with van der Waals surface area (Å²) in [5.74, 6) is 0.828. The van der Waals surface area contributed by atoms with Gasteiger partial charge in [-0.25, -0.2) is 0 Å². The molecular formula is C25H41Cl2N4OS+. The normalized spacial score (nSPS) is 15.8. The molecule has 0 amide bonds. The molecule has 0 bridgehead atoms. The SMILES string of the molecule is CC.CCN(c1c(C)nn(C)c1C)[S+](O)c1c(Cl)cc(CCCC2CCN(C)CC2)cc1Cl. The van der Waals surface area contributed by atoms with E-state index in [1.807, 2.05) is 62.8 Å². The third-order valence-corrected chi connectivity index (χ3v) is 8.86. The second-order valence-corrected chi connectivity index (χ2v) is 10.8. The van der Waals surface area contributed by atoms with Gasteiger partial charge < -0.3 is 4.90 Å². The lowest BCUT2D eigenvalue weighted by Gasteiger charge is -2.28. The number of aryl methyl sites for hydroxylation is 3. The van der Waals surface area contributed by atoms with Crippen molar-refractivity contribution >= 4 is 40.3 Å².